The quantitative estimate of drug-likeness (QED) is 0.147. The first-order valence-electron chi connectivity index (χ1n) is 11.9. The predicted octanol–water partition coefficient (Wildman–Crippen LogP) is 1.25. The number of aliphatic carboxylic acids is 1. The maximum Gasteiger partial charge on any atom is 0.336 e. The van der Waals surface area contributed by atoms with Gasteiger partial charge >= 0.3 is 11.6 Å². The normalized spacial score (nSPS) is 13.3. The number of nitrogens with two attached hydrogens (primary N) is 3. The average Bonchev–Trinajstić information content (AvgIpc) is 2.77. The molecule has 0 spiro atoms. The lowest BCUT2D eigenvalue weighted by Crippen LogP contribution is -2.54. The Balaban J connectivity index is 0.000000414. The fourth-order valence-electron chi connectivity index (χ4n) is 3.37. The number of unbranched alkanes of at least 4 members (excludes halogenated alkanes) is 1. The Morgan fingerprint density at radius 1 is 1.03 bits per heavy atom. The van der Waals surface area contributed by atoms with E-state index in [1.807, 2.05) is 26.8 Å². The molecule has 11 heteroatoms. The van der Waals surface area contributed by atoms with Crippen molar-refractivity contribution in [2.45, 2.75) is 71.5 Å². The Kier molecular flexibility index (Phi) is 12.6. The molecule has 2 aromatic rings. The van der Waals surface area contributed by atoms with Crippen LogP contribution in [0.2, 0.25) is 0 Å². The minimum absolute atomic E-state index is 0.152. The van der Waals surface area contributed by atoms with E-state index in [1.165, 1.54) is 13.0 Å². The van der Waals surface area contributed by atoms with Crippen molar-refractivity contribution in [1.82, 2.24) is 10.6 Å². The Labute approximate surface area is 210 Å². The third-order valence-electron chi connectivity index (χ3n) is 5.29. The molecule has 2 amide bonds. The van der Waals surface area contributed by atoms with Crippen LogP contribution in [0.1, 0.15) is 52.0 Å². The SMILES string of the molecule is CC(C)C[C@H](NC(=O)[C@@H](C)N)C(=O)N[C@@H](CCCCN)C(=O)O.Cc1cc(=O)oc2cc(N)ccc12. The summed E-state index contributed by atoms with van der Waals surface area (Å²) in [6.45, 7) is 7.69. The van der Waals surface area contributed by atoms with Crippen molar-refractivity contribution in [3.8, 4) is 0 Å². The van der Waals surface area contributed by atoms with Gasteiger partial charge in [-0.2, -0.15) is 0 Å². The number of hydrogen-bond acceptors (Lipinski definition) is 8. The minimum Gasteiger partial charge on any atom is -0.480 e. The second kappa shape index (κ2) is 14.8. The number of benzene rings is 1. The van der Waals surface area contributed by atoms with Crippen molar-refractivity contribution in [2.24, 2.45) is 17.4 Å². The molecule has 1 heterocycles. The molecule has 0 aliphatic carbocycles. The second-order valence-electron chi connectivity index (χ2n) is 9.17. The number of fused-ring (bicyclic) bond motifs is 1. The van der Waals surface area contributed by atoms with Gasteiger partial charge in [0.2, 0.25) is 11.8 Å². The standard InChI is InChI=1S/C15H30N4O4.C10H9NO2/c1-9(2)8-12(19-13(20)10(3)17)14(21)18-11(15(22)23)6-4-5-7-16;1-6-4-10(12)13-9-5-7(11)2-3-8(6)9/h9-12H,4-8,16-17H2,1-3H3,(H,18,21)(H,19,20)(H,22,23);2-5H,11H2,1H3/t10-,11+,12+;/m1./s1. The van der Waals surface area contributed by atoms with Gasteiger partial charge in [-0.3, -0.25) is 9.59 Å². The van der Waals surface area contributed by atoms with Crippen molar-refractivity contribution in [3.05, 3.63) is 40.2 Å². The molecule has 0 radical (unpaired) electrons. The van der Waals surface area contributed by atoms with Gasteiger partial charge in [0.15, 0.2) is 0 Å². The first kappa shape index (κ1) is 30.6. The number of hydrogen-bond donors (Lipinski definition) is 6. The van der Waals surface area contributed by atoms with Crippen molar-refractivity contribution in [2.75, 3.05) is 12.3 Å². The molecule has 0 aliphatic heterocycles. The molecule has 2 rings (SSSR count). The van der Waals surface area contributed by atoms with Crippen LogP contribution in [-0.2, 0) is 14.4 Å². The first-order valence-corrected chi connectivity index (χ1v) is 11.9. The Morgan fingerprint density at radius 3 is 2.22 bits per heavy atom. The van der Waals surface area contributed by atoms with E-state index in [1.54, 1.807) is 12.1 Å². The van der Waals surface area contributed by atoms with Crippen LogP contribution in [0.4, 0.5) is 5.69 Å². The summed E-state index contributed by atoms with van der Waals surface area (Å²) >= 11 is 0. The third kappa shape index (κ3) is 10.4. The molecule has 0 bridgehead atoms. The van der Waals surface area contributed by atoms with Crippen molar-refractivity contribution < 1.29 is 23.9 Å². The molecule has 36 heavy (non-hydrogen) atoms. The molecule has 11 nitrogen and oxygen atoms in total. The molecular weight excluding hydrogens is 466 g/mol. The summed E-state index contributed by atoms with van der Waals surface area (Å²) < 4.78 is 4.99. The minimum atomic E-state index is -1.10. The number of nitrogen functional groups attached to an aromatic ring is 1. The molecule has 1 aromatic carbocycles. The molecule has 0 aliphatic rings. The molecule has 200 valence electrons. The lowest BCUT2D eigenvalue weighted by molar-refractivity contribution is -0.142. The fourth-order valence-corrected chi connectivity index (χ4v) is 3.37. The van der Waals surface area contributed by atoms with Gasteiger partial charge < -0.3 is 37.4 Å². The highest BCUT2D eigenvalue weighted by Gasteiger charge is 2.27. The van der Waals surface area contributed by atoms with Gasteiger partial charge in [0.05, 0.1) is 6.04 Å². The molecule has 1 aromatic heterocycles. The monoisotopic (exact) mass is 505 g/mol. The van der Waals surface area contributed by atoms with Gasteiger partial charge in [0.25, 0.3) is 0 Å². The number of rotatable bonds is 11. The van der Waals surface area contributed by atoms with E-state index in [0.717, 1.165) is 10.9 Å². The number of carboxylic acids is 1. The van der Waals surface area contributed by atoms with E-state index in [-0.39, 0.29) is 11.5 Å². The summed E-state index contributed by atoms with van der Waals surface area (Å²) in [5.41, 5.74) is 18.2. The van der Waals surface area contributed by atoms with E-state index in [4.69, 9.17) is 21.6 Å². The number of amides is 2. The molecule has 3 atom stereocenters. The van der Waals surface area contributed by atoms with E-state index < -0.39 is 35.9 Å². The number of anilines is 1. The smallest absolute Gasteiger partial charge is 0.336 e. The van der Waals surface area contributed by atoms with E-state index >= 15 is 0 Å². The first-order chi connectivity index (χ1) is 16.8. The summed E-state index contributed by atoms with van der Waals surface area (Å²) in [5, 5.41) is 15.2. The van der Waals surface area contributed by atoms with Crippen molar-refractivity contribution in [1.29, 1.82) is 0 Å². The number of carbonyl (C=O) groups excluding carboxylic acids is 2. The van der Waals surface area contributed by atoms with Gasteiger partial charge in [0, 0.05) is 23.2 Å². The van der Waals surface area contributed by atoms with Gasteiger partial charge in [-0.1, -0.05) is 13.8 Å². The molecule has 0 unspecified atom stereocenters. The van der Waals surface area contributed by atoms with Crippen LogP contribution in [0.3, 0.4) is 0 Å². The summed E-state index contributed by atoms with van der Waals surface area (Å²) in [4.78, 5) is 46.3. The topological polar surface area (TPSA) is 204 Å². The van der Waals surface area contributed by atoms with E-state index in [9.17, 15) is 24.3 Å². The van der Waals surface area contributed by atoms with Crippen LogP contribution in [0.15, 0.2) is 33.5 Å². The van der Waals surface area contributed by atoms with Gasteiger partial charge in [0.1, 0.15) is 17.7 Å². The Bertz CT molecular complexity index is 1080. The molecule has 9 N–H and O–H groups in total. The van der Waals surface area contributed by atoms with Crippen LogP contribution in [0.25, 0.3) is 11.0 Å². The highest BCUT2D eigenvalue weighted by atomic mass is 16.4. The highest BCUT2D eigenvalue weighted by Crippen LogP contribution is 2.18. The van der Waals surface area contributed by atoms with E-state index in [0.29, 0.717) is 43.5 Å². The van der Waals surface area contributed by atoms with Crippen LogP contribution in [0, 0.1) is 12.8 Å². The zero-order chi connectivity index (χ0) is 27.4. The van der Waals surface area contributed by atoms with Gasteiger partial charge in [-0.15, -0.1) is 0 Å². The molecule has 0 fully saturated rings. The Morgan fingerprint density at radius 2 is 1.67 bits per heavy atom. The maximum atomic E-state index is 12.3. The lowest BCUT2D eigenvalue weighted by atomic mass is 10.0. The highest BCUT2D eigenvalue weighted by molar-refractivity contribution is 5.91. The third-order valence-corrected chi connectivity index (χ3v) is 5.29. The van der Waals surface area contributed by atoms with E-state index in [2.05, 4.69) is 10.6 Å². The van der Waals surface area contributed by atoms with Crippen LogP contribution >= 0.6 is 0 Å². The van der Waals surface area contributed by atoms with Gasteiger partial charge in [-0.25, -0.2) is 9.59 Å². The van der Waals surface area contributed by atoms with Crippen LogP contribution in [0.5, 0.6) is 0 Å². The lowest BCUT2D eigenvalue weighted by Gasteiger charge is -2.23. The number of carbonyl (C=O) groups is 3. The van der Waals surface area contributed by atoms with Crippen molar-refractivity contribution in [3.63, 3.8) is 0 Å². The number of nitrogens with one attached hydrogen (secondary N) is 2. The number of aryl methyl sites for hydroxylation is 1. The van der Waals surface area contributed by atoms with Crippen LogP contribution < -0.4 is 33.5 Å². The van der Waals surface area contributed by atoms with Gasteiger partial charge in [-0.05, 0) is 69.7 Å². The van der Waals surface area contributed by atoms with Crippen LogP contribution in [-0.4, -0.2) is 47.6 Å². The average molecular weight is 506 g/mol. The summed E-state index contributed by atoms with van der Waals surface area (Å²) in [6, 6.07) is 4.23. The zero-order valence-corrected chi connectivity index (χ0v) is 21.4. The maximum absolute atomic E-state index is 12.3. The fraction of sp³-hybridized carbons (Fsp3) is 0.520. The molecular formula is C25H39N5O6. The Hall–Kier alpha value is -3.44. The predicted molar refractivity (Wildman–Crippen MR) is 139 cm³/mol. The summed E-state index contributed by atoms with van der Waals surface area (Å²) in [6.07, 6.45) is 2.00. The summed E-state index contributed by atoms with van der Waals surface area (Å²) in [7, 11) is 0. The summed E-state index contributed by atoms with van der Waals surface area (Å²) in [5.74, 6) is -1.90. The number of carboxylic acid groups (broad SMARTS) is 1. The second-order valence-corrected chi connectivity index (χ2v) is 9.17. The zero-order valence-electron chi connectivity index (χ0n) is 21.4. The molecule has 0 saturated carbocycles. The van der Waals surface area contributed by atoms with Crippen molar-refractivity contribution >= 4 is 34.4 Å². The largest absolute Gasteiger partial charge is 0.480 e. The molecule has 0 saturated heterocycles.